The fourth-order valence-corrected chi connectivity index (χ4v) is 2.38. The van der Waals surface area contributed by atoms with Crippen LogP contribution in [-0.4, -0.2) is 7.11 Å². The Bertz CT molecular complexity index is 543. The second kappa shape index (κ2) is 5.89. The van der Waals surface area contributed by atoms with Crippen molar-refractivity contribution in [2.45, 2.75) is 26.3 Å². The van der Waals surface area contributed by atoms with E-state index in [0.29, 0.717) is 0 Å². The number of hydrogen-bond acceptors (Lipinski definition) is 2. The highest BCUT2D eigenvalue weighted by Crippen LogP contribution is 2.23. The molecule has 2 N–H and O–H groups in total. The van der Waals surface area contributed by atoms with Crippen LogP contribution in [0.3, 0.4) is 0 Å². The molecule has 2 rings (SSSR count). The minimum atomic E-state index is -0.00472. The molecular formula is C17H21NO. The average Bonchev–Trinajstić information content (AvgIpc) is 2.43. The van der Waals surface area contributed by atoms with Crippen molar-refractivity contribution in [2.24, 2.45) is 5.73 Å². The summed E-state index contributed by atoms with van der Waals surface area (Å²) in [7, 11) is 1.68. The van der Waals surface area contributed by atoms with E-state index in [4.69, 9.17) is 10.5 Å². The maximum atomic E-state index is 6.33. The Morgan fingerprint density at radius 2 is 1.68 bits per heavy atom. The van der Waals surface area contributed by atoms with Crippen molar-refractivity contribution in [3.63, 3.8) is 0 Å². The molecule has 2 aromatic rings. The van der Waals surface area contributed by atoms with Gasteiger partial charge in [0.05, 0.1) is 7.11 Å². The third-order valence-electron chi connectivity index (χ3n) is 3.59. The van der Waals surface area contributed by atoms with Crippen molar-refractivity contribution in [3.8, 4) is 5.75 Å². The van der Waals surface area contributed by atoms with Crippen molar-refractivity contribution in [1.29, 1.82) is 0 Å². The summed E-state index contributed by atoms with van der Waals surface area (Å²) in [6, 6.07) is 14.4. The Morgan fingerprint density at radius 1 is 1.05 bits per heavy atom. The molecule has 19 heavy (non-hydrogen) atoms. The van der Waals surface area contributed by atoms with Gasteiger partial charge in [-0.15, -0.1) is 0 Å². The third kappa shape index (κ3) is 3.15. The molecule has 0 bridgehead atoms. The summed E-state index contributed by atoms with van der Waals surface area (Å²) in [5.74, 6) is 0.856. The largest absolute Gasteiger partial charge is 0.497 e. The Morgan fingerprint density at radius 3 is 2.32 bits per heavy atom. The van der Waals surface area contributed by atoms with E-state index in [0.717, 1.165) is 17.7 Å². The van der Waals surface area contributed by atoms with Crippen molar-refractivity contribution in [3.05, 3.63) is 64.7 Å². The monoisotopic (exact) mass is 255 g/mol. The summed E-state index contributed by atoms with van der Waals surface area (Å²) in [4.78, 5) is 0. The van der Waals surface area contributed by atoms with Gasteiger partial charge in [-0.1, -0.05) is 30.3 Å². The molecule has 0 amide bonds. The van der Waals surface area contributed by atoms with Crippen molar-refractivity contribution in [2.75, 3.05) is 7.11 Å². The molecule has 0 heterocycles. The molecule has 0 radical (unpaired) electrons. The topological polar surface area (TPSA) is 35.2 Å². The van der Waals surface area contributed by atoms with E-state index < -0.39 is 0 Å². The molecule has 1 unspecified atom stereocenters. The molecule has 0 aliphatic rings. The molecule has 0 aliphatic carbocycles. The highest BCUT2D eigenvalue weighted by Gasteiger charge is 2.11. The van der Waals surface area contributed by atoms with E-state index in [-0.39, 0.29) is 6.04 Å². The van der Waals surface area contributed by atoms with Crippen molar-refractivity contribution < 1.29 is 4.74 Å². The normalized spacial score (nSPS) is 12.2. The molecular weight excluding hydrogens is 234 g/mol. The first kappa shape index (κ1) is 13.6. The fraction of sp³-hybridized carbons (Fsp3) is 0.294. The number of nitrogens with two attached hydrogens (primary N) is 1. The van der Waals surface area contributed by atoms with Crippen LogP contribution in [0.2, 0.25) is 0 Å². The van der Waals surface area contributed by atoms with Crippen LogP contribution in [0, 0.1) is 13.8 Å². The second-order valence-corrected chi connectivity index (χ2v) is 4.96. The van der Waals surface area contributed by atoms with Gasteiger partial charge >= 0.3 is 0 Å². The minimum absolute atomic E-state index is 0.00472. The lowest BCUT2D eigenvalue weighted by Gasteiger charge is -2.16. The number of benzene rings is 2. The summed E-state index contributed by atoms with van der Waals surface area (Å²) >= 11 is 0. The standard InChI is InChI=1S/C17H21NO/c1-12-6-4-7-13(2)16(12)11-17(18)14-8-5-9-15(10-14)19-3/h4-10,17H,11,18H2,1-3H3. The molecule has 100 valence electrons. The van der Waals surface area contributed by atoms with E-state index in [2.05, 4.69) is 38.1 Å². The molecule has 2 heteroatoms. The first-order chi connectivity index (χ1) is 9.11. The number of ether oxygens (including phenoxy) is 1. The minimum Gasteiger partial charge on any atom is -0.497 e. The van der Waals surface area contributed by atoms with Crippen LogP contribution in [0.4, 0.5) is 0 Å². The lowest BCUT2D eigenvalue weighted by atomic mass is 9.93. The van der Waals surface area contributed by atoms with Gasteiger partial charge in [0.1, 0.15) is 5.75 Å². The summed E-state index contributed by atoms with van der Waals surface area (Å²) in [5.41, 5.74) is 11.4. The Kier molecular flexibility index (Phi) is 4.23. The van der Waals surface area contributed by atoms with Crippen LogP contribution in [0.5, 0.6) is 5.75 Å². The molecule has 0 aromatic heterocycles. The Balaban J connectivity index is 2.23. The van der Waals surface area contributed by atoms with Gasteiger partial charge in [0.15, 0.2) is 0 Å². The predicted molar refractivity (Wildman–Crippen MR) is 79.5 cm³/mol. The SMILES string of the molecule is COc1cccc(C(N)Cc2c(C)cccc2C)c1. The van der Waals surface area contributed by atoms with Crippen LogP contribution in [-0.2, 0) is 6.42 Å². The fourth-order valence-electron chi connectivity index (χ4n) is 2.38. The van der Waals surface area contributed by atoms with E-state index in [9.17, 15) is 0 Å². The van der Waals surface area contributed by atoms with Gasteiger partial charge in [-0.3, -0.25) is 0 Å². The summed E-state index contributed by atoms with van der Waals surface area (Å²) in [5, 5.41) is 0. The number of aryl methyl sites for hydroxylation is 2. The summed E-state index contributed by atoms with van der Waals surface area (Å²) < 4.78 is 5.25. The predicted octanol–water partition coefficient (Wildman–Crippen LogP) is 3.55. The van der Waals surface area contributed by atoms with Gasteiger partial charge in [-0.25, -0.2) is 0 Å². The van der Waals surface area contributed by atoms with Gasteiger partial charge in [0, 0.05) is 6.04 Å². The zero-order valence-corrected chi connectivity index (χ0v) is 11.8. The molecule has 0 spiro atoms. The zero-order valence-electron chi connectivity index (χ0n) is 11.8. The maximum absolute atomic E-state index is 6.33. The molecule has 2 nitrogen and oxygen atoms in total. The summed E-state index contributed by atoms with van der Waals surface area (Å²) in [6.45, 7) is 4.28. The highest BCUT2D eigenvalue weighted by atomic mass is 16.5. The van der Waals surface area contributed by atoms with E-state index in [1.165, 1.54) is 16.7 Å². The quantitative estimate of drug-likeness (QED) is 0.906. The zero-order chi connectivity index (χ0) is 13.8. The van der Waals surface area contributed by atoms with E-state index in [1.54, 1.807) is 7.11 Å². The van der Waals surface area contributed by atoms with Gasteiger partial charge in [0.25, 0.3) is 0 Å². The molecule has 0 saturated carbocycles. The van der Waals surface area contributed by atoms with E-state index in [1.807, 2.05) is 18.2 Å². The number of methoxy groups -OCH3 is 1. The Hall–Kier alpha value is -1.80. The van der Waals surface area contributed by atoms with Crippen molar-refractivity contribution in [1.82, 2.24) is 0 Å². The molecule has 0 fully saturated rings. The third-order valence-corrected chi connectivity index (χ3v) is 3.59. The van der Waals surface area contributed by atoms with Crippen LogP contribution in [0.15, 0.2) is 42.5 Å². The van der Waals surface area contributed by atoms with Crippen LogP contribution < -0.4 is 10.5 Å². The van der Waals surface area contributed by atoms with Gasteiger partial charge in [0.2, 0.25) is 0 Å². The Labute approximate surface area is 115 Å². The first-order valence-electron chi connectivity index (χ1n) is 6.56. The van der Waals surface area contributed by atoms with Crippen LogP contribution in [0.1, 0.15) is 28.3 Å². The van der Waals surface area contributed by atoms with Crippen LogP contribution in [0.25, 0.3) is 0 Å². The van der Waals surface area contributed by atoms with Gasteiger partial charge in [-0.2, -0.15) is 0 Å². The highest BCUT2D eigenvalue weighted by molar-refractivity contribution is 5.37. The van der Waals surface area contributed by atoms with Crippen molar-refractivity contribution >= 4 is 0 Å². The number of rotatable bonds is 4. The maximum Gasteiger partial charge on any atom is 0.119 e. The lowest BCUT2D eigenvalue weighted by molar-refractivity contribution is 0.414. The first-order valence-corrected chi connectivity index (χ1v) is 6.56. The lowest BCUT2D eigenvalue weighted by Crippen LogP contribution is -2.14. The summed E-state index contributed by atoms with van der Waals surface area (Å²) in [6.07, 6.45) is 0.853. The van der Waals surface area contributed by atoms with Gasteiger partial charge < -0.3 is 10.5 Å². The molecule has 0 aliphatic heterocycles. The number of hydrogen-bond donors (Lipinski definition) is 1. The average molecular weight is 255 g/mol. The smallest absolute Gasteiger partial charge is 0.119 e. The molecule has 2 aromatic carbocycles. The second-order valence-electron chi connectivity index (χ2n) is 4.96. The van der Waals surface area contributed by atoms with Crippen LogP contribution >= 0.6 is 0 Å². The molecule has 1 atom stereocenters. The molecule has 0 saturated heterocycles. The van der Waals surface area contributed by atoms with E-state index >= 15 is 0 Å². The van der Waals surface area contributed by atoms with Gasteiger partial charge in [-0.05, 0) is 54.7 Å².